The summed E-state index contributed by atoms with van der Waals surface area (Å²) in [7, 11) is 0. The maximum Gasteiger partial charge on any atom is 0.416 e. The number of rotatable bonds is 3. The van der Waals surface area contributed by atoms with E-state index in [1.807, 2.05) is 18.4 Å². The number of alkyl halides is 3. The van der Waals surface area contributed by atoms with E-state index in [4.69, 9.17) is 11.6 Å². The average molecular weight is 385 g/mol. The maximum atomic E-state index is 12.5. The molecule has 0 amide bonds. The summed E-state index contributed by atoms with van der Waals surface area (Å²) in [6, 6.07) is 5.22. The van der Waals surface area contributed by atoms with Crippen LogP contribution < -0.4 is 5.32 Å². The van der Waals surface area contributed by atoms with Crippen LogP contribution in [-0.2, 0) is 6.18 Å². The Balaban J connectivity index is 2.18. The van der Waals surface area contributed by atoms with E-state index in [1.165, 1.54) is 6.07 Å². The van der Waals surface area contributed by atoms with Crippen molar-refractivity contribution in [3.05, 3.63) is 49.6 Å². The first-order chi connectivity index (χ1) is 9.27. The third kappa shape index (κ3) is 3.68. The molecular formula is C13H10BrClF3NS. The molecule has 0 aliphatic carbocycles. The average Bonchev–Trinajstić information content (AvgIpc) is 2.77. The van der Waals surface area contributed by atoms with Gasteiger partial charge in [0.25, 0.3) is 0 Å². The van der Waals surface area contributed by atoms with E-state index < -0.39 is 11.7 Å². The first-order valence-corrected chi connectivity index (χ1v) is 7.69. The molecule has 0 bridgehead atoms. The molecule has 0 radical (unpaired) electrons. The quantitative estimate of drug-likeness (QED) is 0.649. The Kier molecular flexibility index (Phi) is 4.66. The molecule has 0 saturated carbocycles. The maximum absolute atomic E-state index is 12.5. The molecule has 2 aromatic rings. The van der Waals surface area contributed by atoms with Crippen molar-refractivity contribution in [1.29, 1.82) is 0 Å². The van der Waals surface area contributed by atoms with E-state index in [-0.39, 0.29) is 11.1 Å². The molecule has 2 rings (SSSR count). The highest BCUT2D eigenvalue weighted by Crippen LogP contribution is 2.35. The second kappa shape index (κ2) is 5.95. The molecule has 0 aliphatic heterocycles. The summed E-state index contributed by atoms with van der Waals surface area (Å²) < 4.78 is 38.6. The molecular weight excluding hydrogens is 375 g/mol. The van der Waals surface area contributed by atoms with E-state index >= 15 is 0 Å². The summed E-state index contributed by atoms with van der Waals surface area (Å²) in [5, 5.41) is 5.11. The first kappa shape index (κ1) is 15.7. The molecule has 0 saturated heterocycles. The van der Waals surface area contributed by atoms with Gasteiger partial charge in [0.05, 0.1) is 22.3 Å². The highest BCUT2D eigenvalue weighted by atomic mass is 79.9. The Morgan fingerprint density at radius 2 is 2.00 bits per heavy atom. The minimum Gasteiger partial charge on any atom is -0.377 e. The van der Waals surface area contributed by atoms with Crippen molar-refractivity contribution in [1.82, 2.24) is 0 Å². The minimum absolute atomic E-state index is 0.0412. The van der Waals surface area contributed by atoms with Crippen molar-refractivity contribution in [3.63, 3.8) is 0 Å². The van der Waals surface area contributed by atoms with Crippen molar-refractivity contribution in [2.75, 3.05) is 5.32 Å². The summed E-state index contributed by atoms with van der Waals surface area (Å²) >= 11 is 10.8. The van der Waals surface area contributed by atoms with Crippen LogP contribution >= 0.6 is 38.9 Å². The lowest BCUT2D eigenvalue weighted by atomic mass is 10.2. The summed E-state index contributed by atoms with van der Waals surface area (Å²) in [4.78, 5) is 1.06. The van der Waals surface area contributed by atoms with Crippen LogP contribution in [0.2, 0.25) is 5.02 Å². The Bertz CT molecular complexity index is 612. The van der Waals surface area contributed by atoms with Gasteiger partial charge >= 0.3 is 6.18 Å². The van der Waals surface area contributed by atoms with Crippen molar-refractivity contribution in [2.45, 2.75) is 19.1 Å². The Labute approximate surface area is 131 Å². The number of hydrogen-bond acceptors (Lipinski definition) is 2. The number of nitrogens with one attached hydrogen (secondary N) is 1. The standard InChI is InChI=1S/C13H10BrClF3NS/c1-7(12-5-9(14)6-20-12)19-11-3-2-8(4-10(11)15)13(16,17)18/h2-7,19H,1H3. The largest absolute Gasteiger partial charge is 0.416 e. The number of hydrogen-bond donors (Lipinski definition) is 1. The fraction of sp³-hybridized carbons (Fsp3) is 0.231. The van der Waals surface area contributed by atoms with Gasteiger partial charge in [0, 0.05) is 14.7 Å². The zero-order chi connectivity index (χ0) is 14.9. The lowest BCUT2D eigenvalue weighted by Gasteiger charge is -2.16. The van der Waals surface area contributed by atoms with Crippen molar-refractivity contribution in [3.8, 4) is 0 Å². The molecule has 1 unspecified atom stereocenters. The molecule has 108 valence electrons. The van der Waals surface area contributed by atoms with Gasteiger partial charge in [-0.1, -0.05) is 11.6 Å². The van der Waals surface area contributed by atoms with Gasteiger partial charge < -0.3 is 5.32 Å². The predicted octanol–water partition coefficient (Wildman–Crippen LogP) is 6.36. The van der Waals surface area contributed by atoms with Crippen LogP contribution in [0, 0.1) is 0 Å². The zero-order valence-corrected chi connectivity index (χ0v) is 13.4. The summed E-state index contributed by atoms with van der Waals surface area (Å²) in [6.07, 6.45) is -4.38. The molecule has 1 N–H and O–H groups in total. The van der Waals surface area contributed by atoms with Crippen molar-refractivity contribution < 1.29 is 13.2 Å². The van der Waals surface area contributed by atoms with Gasteiger partial charge in [-0.25, -0.2) is 0 Å². The Morgan fingerprint density at radius 1 is 1.30 bits per heavy atom. The third-order valence-corrected chi connectivity index (χ3v) is 4.87. The third-order valence-electron chi connectivity index (χ3n) is 2.68. The number of halogens is 5. The van der Waals surface area contributed by atoms with Crippen LogP contribution in [0.25, 0.3) is 0 Å². The molecule has 0 aliphatic rings. The molecule has 1 heterocycles. The Morgan fingerprint density at radius 3 is 2.50 bits per heavy atom. The zero-order valence-electron chi connectivity index (χ0n) is 10.3. The van der Waals surface area contributed by atoms with Crippen LogP contribution in [0.3, 0.4) is 0 Å². The normalized spacial score (nSPS) is 13.3. The van der Waals surface area contributed by atoms with E-state index in [1.54, 1.807) is 11.3 Å². The highest BCUT2D eigenvalue weighted by Gasteiger charge is 2.30. The van der Waals surface area contributed by atoms with Gasteiger partial charge in [0.1, 0.15) is 0 Å². The van der Waals surface area contributed by atoms with Gasteiger partial charge in [0.2, 0.25) is 0 Å². The van der Waals surface area contributed by atoms with Gasteiger partial charge in [0.15, 0.2) is 0 Å². The fourth-order valence-electron chi connectivity index (χ4n) is 1.67. The van der Waals surface area contributed by atoms with Crippen molar-refractivity contribution in [2.24, 2.45) is 0 Å². The molecule has 1 nitrogen and oxygen atoms in total. The van der Waals surface area contributed by atoms with Crippen LogP contribution in [0.5, 0.6) is 0 Å². The summed E-state index contributed by atoms with van der Waals surface area (Å²) in [5.41, 5.74) is -0.267. The lowest BCUT2D eigenvalue weighted by Crippen LogP contribution is -2.08. The molecule has 1 aromatic carbocycles. The first-order valence-electron chi connectivity index (χ1n) is 5.64. The molecule has 0 spiro atoms. The lowest BCUT2D eigenvalue weighted by molar-refractivity contribution is -0.137. The van der Waals surface area contributed by atoms with Gasteiger partial charge in [-0.05, 0) is 47.1 Å². The van der Waals surface area contributed by atoms with Crippen LogP contribution in [0.4, 0.5) is 18.9 Å². The molecule has 7 heteroatoms. The van der Waals surface area contributed by atoms with Crippen LogP contribution in [-0.4, -0.2) is 0 Å². The van der Waals surface area contributed by atoms with Crippen LogP contribution in [0.15, 0.2) is 34.1 Å². The second-order valence-corrected chi connectivity index (χ2v) is 6.49. The number of thiophene rings is 1. The van der Waals surface area contributed by atoms with E-state index in [9.17, 15) is 13.2 Å². The number of anilines is 1. The van der Waals surface area contributed by atoms with Crippen LogP contribution in [0.1, 0.15) is 23.4 Å². The van der Waals surface area contributed by atoms with Gasteiger partial charge in [-0.3, -0.25) is 0 Å². The molecule has 1 aromatic heterocycles. The van der Waals surface area contributed by atoms with Gasteiger partial charge in [-0.15, -0.1) is 11.3 Å². The highest BCUT2D eigenvalue weighted by molar-refractivity contribution is 9.10. The smallest absolute Gasteiger partial charge is 0.377 e. The fourth-order valence-corrected chi connectivity index (χ4v) is 3.36. The monoisotopic (exact) mass is 383 g/mol. The van der Waals surface area contributed by atoms with E-state index in [0.29, 0.717) is 5.69 Å². The van der Waals surface area contributed by atoms with Gasteiger partial charge in [-0.2, -0.15) is 13.2 Å². The van der Waals surface area contributed by atoms with E-state index in [0.717, 1.165) is 21.5 Å². The topological polar surface area (TPSA) is 12.0 Å². The Hall–Kier alpha value is -0.720. The number of benzene rings is 1. The second-order valence-electron chi connectivity index (χ2n) is 4.23. The predicted molar refractivity (Wildman–Crippen MR) is 80.5 cm³/mol. The summed E-state index contributed by atoms with van der Waals surface area (Å²) in [6.45, 7) is 1.92. The van der Waals surface area contributed by atoms with Crippen molar-refractivity contribution >= 4 is 44.6 Å². The SMILES string of the molecule is CC(Nc1ccc(C(F)(F)F)cc1Cl)c1cc(Br)cs1. The summed E-state index contributed by atoms with van der Waals surface area (Å²) in [5.74, 6) is 0. The minimum atomic E-state index is -4.38. The molecule has 20 heavy (non-hydrogen) atoms. The van der Waals surface area contributed by atoms with E-state index in [2.05, 4.69) is 21.2 Å². The molecule has 1 atom stereocenters. The molecule has 0 fully saturated rings.